The van der Waals surface area contributed by atoms with Gasteiger partial charge in [-0.2, -0.15) is 0 Å². The molecule has 3 aliphatic heterocycles. The minimum absolute atomic E-state index is 0.0571. The second-order valence-electron chi connectivity index (χ2n) is 9.83. The highest BCUT2D eigenvalue weighted by Crippen LogP contribution is 2.31. The van der Waals surface area contributed by atoms with Crippen LogP contribution in [0.2, 0.25) is 0 Å². The van der Waals surface area contributed by atoms with Crippen LogP contribution in [0.15, 0.2) is 6.33 Å². The van der Waals surface area contributed by atoms with Crippen molar-refractivity contribution >= 4 is 22.9 Å². The smallest absolute Gasteiger partial charge is 0.227 e. The van der Waals surface area contributed by atoms with Crippen LogP contribution in [0.4, 0.5) is 5.82 Å². The monoisotopic (exact) mass is 410 g/mol. The molecule has 2 aromatic rings. The van der Waals surface area contributed by atoms with Crippen molar-refractivity contribution in [2.45, 2.75) is 65.3 Å². The van der Waals surface area contributed by atoms with Crippen molar-refractivity contribution in [2.75, 3.05) is 31.1 Å². The molecule has 7 heteroatoms. The lowest BCUT2D eigenvalue weighted by Crippen LogP contribution is -2.49. The normalized spacial score (nSPS) is 27.7. The Hall–Kier alpha value is -2.18. The molecule has 7 nitrogen and oxygen atoms in total. The van der Waals surface area contributed by atoms with Crippen LogP contribution in [0, 0.1) is 17.8 Å². The van der Waals surface area contributed by atoms with Crippen LogP contribution in [0.25, 0.3) is 11.2 Å². The molecule has 30 heavy (non-hydrogen) atoms. The van der Waals surface area contributed by atoms with Gasteiger partial charge in [0.25, 0.3) is 0 Å². The molecule has 0 unspecified atom stereocenters. The van der Waals surface area contributed by atoms with Crippen LogP contribution in [0.1, 0.15) is 58.2 Å². The quantitative estimate of drug-likeness (QED) is 0.760. The van der Waals surface area contributed by atoms with E-state index < -0.39 is 0 Å². The van der Waals surface area contributed by atoms with Gasteiger partial charge in [0, 0.05) is 39.1 Å². The Morgan fingerprint density at radius 1 is 1.00 bits per heavy atom. The zero-order chi connectivity index (χ0) is 20.7. The second kappa shape index (κ2) is 8.16. The fourth-order valence-corrected chi connectivity index (χ4v) is 5.83. The molecule has 2 fully saturated rings. The number of aromatic nitrogens is 4. The summed E-state index contributed by atoms with van der Waals surface area (Å²) in [6.07, 6.45) is 9.55. The fourth-order valence-electron chi connectivity index (χ4n) is 5.83. The van der Waals surface area contributed by atoms with Crippen LogP contribution in [0.5, 0.6) is 0 Å². The minimum Gasteiger partial charge on any atom is -0.354 e. The molecule has 5 rings (SSSR count). The van der Waals surface area contributed by atoms with Crippen molar-refractivity contribution < 1.29 is 4.79 Å². The van der Waals surface area contributed by atoms with Crippen LogP contribution >= 0.6 is 0 Å². The van der Waals surface area contributed by atoms with Gasteiger partial charge < -0.3 is 14.4 Å². The Bertz CT molecular complexity index is 914. The lowest BCUT2D eigenvalue weighted by Gasteiger charge is -2.39. The van der Waals surface area contributed by atoms with E-state index in [2.05, 4.69) is 38.2 Å². The van der Waals surface area contributed by atoms with E-state index in [9.17, 15) is 4.79 Å². The van der Waals surface area contributed by atoms with Gasteiger partial charge in [0.1, 0.15) is 12.2 Å². The van der Waals surface area contributed by atoms with Gasteiger partial charge in [-0.3, -0.25) is 4.79 Å². The standard InChI is InChI=1S/C23H34N6O/c1-16-11-17(2)13-28(12-16)23(30)18-7-6-9-27(14-18)21-20-22(25-15-24-21)29-10-5-3-4-8-19(29)26-20/h15-18H,3-14H2,1-2H3/t16-,17-,18-/m1/s1. The highest BCUT2D eigenvalue weighted by Gasteiger charge is 2.34. The molecule has 1 amide bonds. The van der Waals surface area contributed by atoms with Crippen LogP contribution < -0.4 is 4.90 Å². The van der Waals surface area contributed by atoms with Crippen molar-refractivity contribution in [3.05, 3.63) is 12.2 Å². The number of hydrogen-bond acceptors (Lipinski definition) is 5. The van der Waals surface area contributed by atoms with Gasteiger partial charge in [-0.25, -0.2) is 15.0 Å². The first-order chi connectivity index (χ1) is 14.6. The molecule has 0 bridgehead atoms. The van der Waals surface area contributed by atoms with E-state index in [4.69, 9.17) is 4.98 Å². The first-order valence-electron chi connectivity index (χ1n) is 11.8. The molecular weight excluding hydrogens is 376 g/mol. The first-order valence-corrected chi connectivity index (χ1v) is 11.8. The third-order valence-corrected chi connectivity index (χ3v) is 7.12. The summed E-state index contributed by atoms with van der Waals surface area (Å²) < 4.78 is 2.29. The lowest BCUT2D eigenvalue weighted by atomic mass is 9.89. The van der Waals surface area contributed by atoms with Crippen molar-refractivity contribution in [2.24, 2.45) is 17.8 Å². The molecule has 0 N–H and O–H groups in total. The highest BCUT2D eigenvalue weighted by molar-refractivity contribution is 5.85. The molecule has 2 saturated heterocycles. The molecule has 0 aromatic carbocycles. The third kappa shape index (κ3) is 3.67. The number of amides is 1. The number of likely N-dealkylation sites (tertiary alicyclic amines) is 1. The van der Waals surface area contributed by atoms with Gasteiger partial charge in [-0.05, 0) is 43.9 Å². The molecule has 2 aromatic heterocycles. The number of rotatable bonds is 2. The summed E-state index contributed by atoms with van der Waals surface area (Å²) in [6.45, 7) is 9.02. The molecular formula is C23H34N6O. The topological polar surface area (TPSA) is 67.2 Å². The average Bonchev–Trinajstić information content (AvgIpc) is 2.93. The summed E-state index contributed by atoms with van der Waals surface area (Å²) in [7, 11) is 0. The number of nitrogens with zero attached hydrogens (tertiary/aromatic N) is 6. The van der Waals surface area contributed by atoms with E-state index in [0.717, 1.165) is 74.8 Å². The number of aryl methyl sites for hydroxylation is 2. The van der Waals surface area contributed by atoms with E-state index in [-0.39, 0.29) is 5.92 Å². The summed E-state index contributed by atoms with van der Waals surface area (Å²) in [4.78, 5) is 31.9. The van der Waals surface area contributed by atoms with Crippen molar-refractivity contribution in [1.29, 1.82) is 0 Å². The zero-order valence-corrected chi connectivity index (χ0v) is 18.4. The maximum Gasteiger partial charge on any atom is 0.227 e. The molecule has 0 aliphatic carbocycles. The largest absolute Gasteiger partial charge is 0.354 e. The SMILES string of the molecule is C[C@@H]1C[C@@H](C)CN(C(=O)[C@@H]2CCCN(c3ncnc4c3nc3n4CCCCC3)C2)C1. The predicted molar refractivity (Wildman–Crippen MR) is 117 cm³/mol. The van der Waals surface area contributed by atoms with Crippen LogP contribution in [-0.2, 0) is 17.8 Å². The summed E-state index contributed by atoms with van der Waals surface area (Å²) in [5.74, 6) is 3.65. The van der Waals surface area contributed by atoms with E-state index in [1.807, 2.05) is 0 Å². The summed E-state index contributed by atoms with van der Waals surface area (Å²) in [5.41, 5.74) is 1.88. The van der Waals surface area contributed by atoms with E-state index in [0.29, 0.717) is 17.7 Å². The van der Waals surface area contributed by atoms with Gasteiger partial charge in [-0.15, -0.1) is 0 Å². The third-order valence-electron chi connectivity index (χ3n) is 7.12. The molecule has 3 aliphatic rings. The zero-order valence-electron chi connectivity index (χ0n) is 18.4. The molecule has 0 spiro atoms. The van der Waals surface area contributed by atoms with E-state index in [1.165, 1.54) is 25.7 Å². The predicted octanol–water partition coefficient (Wildman–Crippen LogP) is 3.27. The number of anilines is 1. The number of carbonyl (C=O) groups is 1. The second-order valence-corrected chi connectivity index (χ2v) is 9.83. The van der Waals surface area contributed by atoms with Gasteiger partial charge in [-0.1, -0.05) is 20.3 Å². The summed E-state index contributed by atoms with van der Waals surface area (Å²) in [5, 5.41) is 0. The molecule has 0 saturated carbocycles. The van der Waals surface area contributed by atoms with Gasteiger partial charge in [0.2, 0.25) is 5.91 Å². The van der Waals surface area contributed by atoms with Gasteiger partial charge in [0.05, 0.1) is 5.92 Å². The molecule has 162 valence electrons. The Morgan fingerprint density at radius 2 is 1.83 bits per heavy atom. The number of piperidine rings is 2. The van der Waals surface area contributed by atoms with Crippen LogP contribution in [-0.4, -0.2) is 56.5 Å². The Balaban J connectivity index is 1.38. The first kappa shape index (κ1) is 19.8. The Morgan fingerprint density at radius 3 is 2.67 bits per heavy atom. The van der Waals surface area contributed by atoms with Crippen molar-refractivity contribution in [1.82, 2.24) is 24.4 Å². The maximum atomic E-state index is 13.3. The summed E-state index contributed by atoms with van der Waals surface area (Å²) >= 11 is 0. The summed E-state index contributed by atoms with van der Waals surface area (Å²) in [6, 6.07) is 0. The number of hydrogen-bond donors (Lipinski definition) is 0. The number of carbonyl (C=O) groups excluding carboxylic acids is 1. The average molecular weight is 411 g/mol. The fraction of sp³-hybridized carbons (Fsp3) is 0.739. The van der Waals surface area contributed by atoms with Gasteiger partial charge >= 0.3 is 0 Å². The molecule has 3 atom stereocenters. The minimum atomic E-state index is 0.0571. The van der Waals surface area contributed by atoms with Crippen molar-refractivity contribution in [3.63, 3.8) is 0 Å². The highest BCUT2D eigenvalue weighted by atomic mass is 16.2. The molecule has 0 radical (unpaired) electrons. The Labute approximate surface area is 178 Å². The van der Waals surface area contributed by atoms with Gasteiger partial charge in [0.15, 0.2) is 17.0 Å². The molecule has 5 heterocycles. The maximum absolute atomic E-state index is 13.3. The van der Waals surface area contributed by atoms with Crippen molar-refractivity contribution in [3.8, 4) is 0 Å². The Kier molecular flexibility index (Phi) is 5.37. The number of fused-ring (bicyclic) bond motifs is 3. The van der Waals surface area contributed by atoms with Crippen LogP contribution in [0.3, 0.4) is 0 Å². The lowest BCUT2D eigenvalue weighted by molar-refractivity contribution is -0.138. The van der Waals surface area contributed by atoms with E-state index in [1.54, 1.807) is 6.33 Å². The number of imidazole rings is 1. The van der Waals surface area contributed by atoms with E-state index >= 15 is 0 Å².